The van der Waals surface area contributed by atoms with E-state index in [-0.39, 0.29) is 29.8 Å². The van der Waals surface area contributed by atoms with Crippen LogP contribution >= 0.6 is 24.0 Å². The maximum Gasteiger partial charge on any atom is 0.191 e. The van der Waals surface area contributed by atoms with Crippen LogP contribution in [0.1, 0.15) is 26.2 Å². The van der Waals surface area contributed by atoms with Gasteiger partial charge >= 0.3 is 0 Å². The average molecular weight is 464 g/mol. The normalized spacial score (nSPS) is 16.2. The molecule has 0 saturated carbocycles. The van der Waals surface area contributed by atoms with Crippen LogP contribution in [0.3, 0.4) is 0 Å². The number of nitrogens with one attached hydrogen (secondary N) is 2. The molecular formula is C18H30FIN4O. The van der Waals surface area contributed by atoms with Gasteiger partial charge in [0.05, 0.1) is 6.54 Å². The summed E-state index contributed by atoms with van der Waals surface area (Å²) in [6.07, 6.45) is 3.49. The predicted molar refractivity (Wildman–Crippen MR) is 112 cm³/mol. The van der Waals surface area contributed by atoms with Crippen LogP contribution in [0.25, 0.3) is 0 Å². The second kappa shape index (κ2) is 12.3. The van der Waals surface area contributed by atoms with E-state index in [2.05, 4.69) is 27.4 Å². The first-order chi connectivity index (χ1) is 11.7. The Morgan fingerprint density at radius 2 is 2.12 bits per heavy atom. The second-order valence-electron chi connectivity index (χ2n) is 6.07. The Morgan fingerprint density at radius 1 is 1.36 bits per heavy atom. The molecule has 5 nitrogen and oxygen atoms in total. The van der Waals surface area contributed by atoms with Gasteiger partial charge in [-0.25, -0.2) is 4.39 Å². The summed E-state index contributed by atoms with van der Waals surface area (Å²) in [7, 11) is 1.77. The number of hydrogen-bond acceptors (Lipinski definition) is 3. The number of piperidine rings is 1. The highest BCUT2D eigenvalue weighted by atomic mass is 127. The summed E-state index contributed by atoms with van der Waals surface area (Å²) in [5.74, 6) is 1.06. The van der Waals surface area contributed by atoms with Crippen LogP contribution in [0.15, 0.2) is 29.3 Å². The zero-order chi connectivity index (χ0) is 17.2. The highest BCUT2D eigenvalue weighted by molar-refractivity contribution is 14.0. The van der Waals surface area contributed by atoms with Gasteiger partial charge in [-0.3, -0.25) is 4.99 Å². The van der Waals surface area contributed by atoms with Gasteiger partial charge in [0.15, 0.2) is 5.96 Å². The van der Waals surface area contributed by atoms with E-state index in [4.69, 9.17) is 4.74 Å². The molecule has 7 heteroatoms. The first kappa shape index (κ1) is 22.0. The third kappa shape index (κ3) is 8.22. The van der Waals surface area contributed by atoms with Gasteiger partial charge in [-0.15, -0.1) is 24.0 Å². The van der Waals surface area contributed by atoms with Crippen molar-refractivity contribution in [2.24, 2.45) is 4.99 Å². The van der Waals surface area contributed by atoms with Crippen molar-refractivity contribution >= 4 is 29.9 Å². The molecule has 0 spiro atoms. The third-order valence-corrected chi connectivity index (χ3v) is 4.15. The Kier molecular flexibility index (Phi) is 10.8. The maximum absolute atomic E-state index is 13.1. The molecule has 0 unspecified atom stereocenters. The number of aliphatic imine (C=N–C) groups is 1. The van der Waals surface area contributed by atoms with Crippen LogP contribution in [0.5, 0.6) is 5.75 Å². The fourth-order valence-electron chi connectivity index (χ4n) is 2.90. The zero-order valence-corrected chi connectivity index (χ0v) is 17.5. The van der Waals surface area contributed by atoms with Crippen LogP contribution in [-0.4, -0.2) is 56.7 Å². The van der Waals surface area contributed by atoms with Crippen LogP contribution in [0.4, 0.5) is 4.39 Å². The first-order valence-corrected chi connectivity index (χ1v) is 8.79. The number of hydrogen-bond donors (Lipinski definition) is 2. The lowest BCUT2D eigenvalue weighted by Crippen LogP contribution is -2.49. The van der Waals surface area contributed by atoms with Gasteiger partial charge in [-0.1, -0.05) is 13.0 Å². The van der Waals surface area contributed by atoms with E-state index in [1.807, 2.05) is 0 Å². The van der Waals surface area contributed by atoms with Crippen molar-refractivity contribution < 1.29 is 9.13 Å². The molecule has 1 saturated heterocycles. The van der Waals surface area contributed by atoms with Crippen molar-refractivity contribution in [1.29, 1.82) is 0 Å². The standard InChI is InChI=1S/C18H29FN4O.HI/c1-3-10-23-11-7-16(8-12-23)22-18(20-2)21-9-13-24-17-6-4-5-15(19)14-17;/h4-6,14,16H,3,7-13H2,1-2H3,(H2,20,21,22);1H. The fourth-order valence-corrected chi connectivity index (χ4v) is 2.90. The minimum Gasteiger partial charge on any atom is -0.492 e. The molecular weight excluding hydrogens is 434 g/mol. The summed E-state index contributed by atoms with van der Waals surface area (Å²) in [5.41, 5.74) is 0. The Labute approximate surface area is 167 Å². The van der Waals surface area contributed by atoms with Crippen molar-refractivity contribution in [2.45, 2.75) is 32.2 Å². The predicted octanol–water partition coefficient (Wildman–Crippen LogP) is 2.86. The number of nitrogens with zero attached hydrogens (tertiary/aromatic N) is 2. The Balaban J connectivity index is 0.00000312. The summed E-state index contributed by atoms with van der Waals surface area (Å²) in [6, 6.07) is 6.65. The lowest BCUT2D eigenvalue weighted by Gasteiger charge is -2.32. The molecule has 1 aliphatic rings. The molecule has 0 aromatic heterocycles. The van der Waals surface area contributed by atoms with E-state index in [0.29, 0.717) is 24.9 Å². The summed E-state index contributed by atoms with van der Waals surface area (Å²) >= 11 is 0. The summed E-state index contributed by atoms with van der Waals surface area (Å²) in [4.78, 5) is 6.78. The summed E-state index contributed by atoms with van der Waals surface area (Å²) in [6.45, 7) is 6.78. The number of guanidine groups is 1. The highest BCUT2D eigenvalue weighted by Gasteiger charge is 2.19. The highest BCUT2D eigenvalue weighted by Crippen LogP contribution is 2.12. The molecule has 142 valence electrons. The number of ether oxygens (including phenoxy) is 1. The minimum atomic E-state index is -0.285. The van der Waals surface area contributed by atoms with Gasteiger partial charge in [0.1, 0.15) is 18.2 Å². The maximum atomic E-state index is 13.1. The van der Waals surface area contributed by atoms with Gasteiger partial charge in [0.25, 0.3) is 0 Å². The smallest absolute Gasteiger partial charge is 0.191 e. The van der Waals surface area contributed by atoms with Gasteiger partial charge < -0.3 is 20.3 Å². The van der Waals surface area contributed by atoms with Crippen LogP contribution in [0, 0.1) is 5.82 Å². The topological polar surface area (TPSA) is 48.9 Å². The zero-order valence-electron chi connectivity index (χ0n) is 15.1. The molecule has 1 aromatic carbocycles. The number of rotatable bonds is 7. The van der Waals surface area contributed by atoms with Crippen molar-refractivity contribution in [3.63, 3.8) is 0 Å². The van der Waals surface area contributed by atoms with Crippen LogP contribution < -0.4 is 15.4 Å². The largest absolute Gasteiger partial charge is 0.492 e. The Hall–Kier alpha value is -1.09. The molecule has 1 aliphatic heterocycles. The SMILES string of the molecule is CCCN1CCC(NC(=NC)NCCOc2cccc(F)c2)CC1.I. The molecule has 1 fully saturated rings. The van der Waals surface area contributed by atoms with Gasteiger partial charge in [-0.2, -0.15) is 0 Å². The first-order valence-electron chi connectivity index (χ1n) is 8.79. The Bertz CT molecular complexity index is 522. The van der Waals surface area contributed by atoms with Gasteiger partial charge in [-0.05, 0) is 37.9 Å². The van der Waals surface area contributed by atoms with E-state index in [9.17, 15) is 4.39 Å². The van der Waals surface area contributed by atoms with E-state index in [1.165, 1.54) is 25.1 Å². The molecule has 2 N–H and O–H groups in total. The molecule has 25 heavy (non-hydrogen) atoms. The quantitative estimate of drug-likeness (QED) is 0.282. The lowest BCUT2D eigenvalue weighted by molar-refractivity contribution is 0.206. The molecule has 0 radical (unpaired) electrons. The van der Waals surface area contributed by atoms with E-state index in [1.54, 1.807) is 19.2 Å². The fraction of sp³-hybridized carbons (Fsp3) is 0.611. The monoisotopic (exact) mass is 464 g/mol. The third-order valence-electron chi connectivity index (χ3n) is 4.15. The average Bonchev–Trinajstić information content (AvgIpc) is 2.59. The van der Waals surface area contributed by atoms with E-state index < -0.39 is 0 Å². The minimum absolute atomic E-state index is 0. The molecule has 0 aliphatic carbocycles. The molecule has 0 bridgehead atoms. The lowest BCUT2D eigenvalue weighted by atomic mass is 10.1. The number of halogens is 2. The molecule has 0 atom stereocenters. The molecule has 1 aromatic rings. The van der Waals surface area contributed by atoms with Gasteiger partial charge in [0.2, 0.25) is 0 Å². The van der Waals surface area contributed by atoms with Crippen molar-refractivity contribution in [3.8, 4) is 5.75 Å². The van der Waals surface area contributed by atoms with Gasteiger partial charge in [0, 0.05) is 32.2 Å². The summed E-state index contributed by atoms with van der Waals surface area (Å²) in [5, 5.41) is 6.72. The van der Waals surface area contributed by atoms with E-state index >= 15 is 0 Å². The van der Waals surface area contributed by atoms with Crippen LogP contribution in [0.2, 0.25) is 0 Å². The van der Waals surface area contributed by atoms with E-state index in [0.717, 1.165) is 31.9 Å². The summed E-state index contributed by atoms with van der Waals surface area (Å²) < 4.78 is 18.6. The molecule has 2 rings (SSSR count). The van der Waals surface area contributed by atoms with Crippen molar-refractivity contribution in [3.05, 3.63) is 30.1 Å². The number of likely N-dealkylation sites (tertiary alicyclic amines) is 1. The van der Waals surface area contributed by atoms with Crippen LogP contribution in [-0.2, 0) is 0 Å². The second-order valence-corrected chi connectivity index (χ2v) is 6.07. The molecule has 0 amide bonds. The molecule has 1 heterocycles. The van der Waals surface area contributed by atoms with Crippen molar-refractivity contribution in [1.82, 2.24) is 15.5 Å². The number of benzene rings is 1. The Morgan fingerprint density at radius 3 is 2.76 bits per heavy atom. The van der Waals surface area contributed by atoms with Crippen molar-refractivity contribution in [2.75, 3.05) is 39.8 Å².